The maximum absolute atomic E-state index is 10.8. The summed E-state index contributed by atoms with van der Waals surface area (Å²) in [7, 11) is 1.58. The molecule has 0 fully saturated rings. The van der Waals surface area contributed by atoms with E-state index in [1.165, 1.54) is 0 Å². The summed E-state index contributed by atoms with van der Waals surface area (Å²) in [6.07, 6.45) is 1.59. The monoisotopic (exact) mass is 243 g/mol. The standard InChI is InChI=1S/C14H13NO3/c1-18-12-7-3-2-6-11(12)14-10(9-13(16)17)5-4-8-15-14/h2-8H,9H2,1H3,(H,16,17). The smallest absolute Gasteiger partial charge is 0.307 e. The number of hydrogen-bond donors (Lipinski definition) is 1. The van der Waals surface area contributed by atoms with Gasteiger partial charge in [-0.05, 0) is 23.8 Å². The number of nitrogens with zero attached hydrogens (tertiary/aromatic N) is 1. The summed E-state index contributed by atoms with van der Waals surface area (Å²) in [5.41, 5.74) is 2.13. The summed E-state index contributed by atoms with van der Waals surface area (Å²) in [6, 6.07) is 10.9. The third kappa shape index (κ3) is 2.48. The molecule has 0 spiro atoms. The first-order chi connectivity index (χ1) is 8.72. The molecule has 0 bridgehead atoms. The highest BCUT2D eigenvalue weighted by molar-refractivity contribution is 5.77. The number of ether oxygens (including phenoxy) is 1. The molecule has 0 amide bonds. The molecule has 4 heteroatoms. The number of methoxy groups -OCH3 is 1. The summed E-state index contributed by atoms with van der Waals surface area (Å²) in [6.45, 7) is 0. The number of rotatable bonds is 4. The first-order valence-corrected chi connectivity index (χ1v) is 5.51. The molecular weight excluding hydrogens is 230 g/mol. The number of para-hydroxylation sites is 1. The minimum atomic E-state index is -0.876. The van der Waals surface area contributed by atoms with Gasteiger partial charge in [-0.25, -0.2) is 0 Å². The zero-order chi connectivity index (χ0) is 13.0. The van der Waals surface area contributed by atoms with Crippen molar-refractivity contribution in [2.75, 3.05) is 7.11 Å². The predicted molar refractivity (Wildman–Crippen MR) is 67.6 cm³/mol. The van der Waals surface area contributed by atoms with E-state index in [2.05, 4.69) is 4.98 Å². The van der Waals surface area contributed by atoms with E-state index in [4.69, 9.17) is 9.84 Å². The third-order valence-corrected chi connectivity index (χ3v) is 2.60. The molecule has 1 aromatic carbocycles. The van der Waals surface area contributed by atoms with E-state index in [-0.39, 0.29) is 6.42 Å². The summed E-state index contributed by atoms with van der Waals surface area (Å²) in [5, 5.41) is 8.91. The molecule has 1 aromatic heterocycles. The van der Waals surface area contributed by atoms with Crippen molar-refractivity contribution >= 4 is 5.97 Å². The normalized spacial score (nSPS) is 10.1. The van der Waals surface area contributed by atoms with E-state index in [1.54, 1.807) is 25.4 Å². The fourth-order valence-electron chi connectivity index (χ4n) is 1.83. The topological polar surface area (TPSA) is 59.4 Å². The zero-order valence-electron chi connectivity index (χ0n) is 9.96. The van der Waals surface area contributed by atoms with Crippen LogP contribution in [0.3, 0.4) is 0 Å². The predicted octanol–water partition coefficient (Wildman–Crippen LogP) is 2.38. The van der Waals surface area contributed by atoms with E-state index in [0.29, 0.717) is 17.0 Å². The molecule has 0 unspecified atom stereocenters. The van der Waals surface area contributed by atoms with Crippen LogP contribution in [0.25, 0.3) is 11.3 Å². The Labute approximate surface area is 105 Å². The van der Waals surface area contributed by atoms with Gasteiger partial charge in [0.05, 0.1) is 19.2 Å². The van der Waals surface area contributed by atoms with E-state index in [0.717, 1.165) is 5.56 Å². The second-order valence-corrected chi connectivity index (χ2v) is 3.78. The van der Waals surface area contributed by atoms with Crippen LogP contribution in [0.15, 0.2) is 42.6 Å². The number of hydrogen-bond acceptors (Lipinski definition) is 3. The Bertz CT molecular complexity index is 566. The molecule has 1 N–H and O–H groups in total. The molecule has 4 nitrogen and oxygen atoms in total. The number of aliphatic carboxylic acids is 1. The van der Waals surface area contributed by atoms with Crippen LogP contribution in [0, 0.1) is 0 Å². The molecule has 92 valence electrons. The summed E-state index contributed by atoms with van der Waals surface area (Å²) in [4.78, 5) is 15.1. The number of benzene rings is 1. The van der Waals surface area contributed by atoms with Crippen molar-refractivity contribution in [3.8, 4) is 17.0 Å². The van der Waals surface area contributed by atoms with Crippen LogP contribution in [0.4, 0.5) is 0 Å². The Balaban J connectivity index is 2.53. The van der Waals surface area contributed by atoms with Gasteiger partial charge in [0.2, 0.25) is 0 Å². The van der Waals surface area contributed by atoms with E-state index >= 15 is 0 Å². The Morgan fingerprint density at radius 2 is 2.06 bits per heavy atom. The van der Waals surface area contributed by atoms with Gasteiger partial charge in [0.1, 0.15) is 5.75 Å². The second kappa shape index (κ2) is 5.31. The quantitative estimate of drug-likeness (QED) is 0.895. The third-order valence-electron chi connectivity index (χ3n) is 2.60. The molecular formula is C14H13NO3. The van der Waals surface area contributed by atoms with Gasteiger partial charge >= 0.3 is 5.97 Å². The van der Waals surface area contributed by atoms with Crippen molar-refractivity contribution in [3.05, 3.63) is 48.2 Å². The molecule has 0 saturated heterocycles. The van der Waals surface area contributed by atoms with Crippen molar-refractivity contribution in [2.45, 2.75) is 6.42 Å². The first-order valence-electron chi connectivity index (χ1n) is 5.51. The van der Waals surface area contributed by atoms with Crippen LogP contribution in [0.5, 0.6) is 5.75 Å². The Kier molecular flexibility index (Phi) is 3.57. The van der Waals surface area contributed by atoms with Gasteiger partial charge in [-0.1, -0.05) is 18.2 Å². The van der Waals surface area contributed by atoms with Crippen LogP contribution in [0.1, 0.15) is 5.56 Å². The number of carboxylic acids is 1. The molecule has 2 aromatic rings. The van der Waals surface area contributed by atoms with Gasteiger partial charge in [-0.2, -0.15) is 0 Å². The van der Waals surface area contributed by atoms with Gasteiger partial charge in [-0.3, -0.25) is 9.78 Å². The maximum atomic E-state index is 10.8. The van der Waals surface area contributed by atoms with Crippen LogP contribution in [-0.2, 0) is 11.2 Å². The summed E-state index contributed by atoms with van der Waals surface area (Å²) >= 11 is 0. The van der Waals surface area contributed by atoms with Gasteiger partial charge in [0.25, 0.3) is 0 Å². The fourth-order valence-corrected chi connectivity index (χ4v) is 1.83. The Hall–Kier alpha value is -2.36. The highest BCUT2D eigenvalue weighted by Crippen LogP contribution is 2.30. The number of carbonyl (C=O) groups is 1. The molecule has 0 radical (unpaired) electrons. The molecule has 0 aliphatic rings. The van der Waals surface area contributed by atoms with E-state index < -0.39 is 5.97 Å². The van der Waals surface area contributed by atoms with Gasteiger partial charge < -0.3 is 9.84 Å². The van der Waals surface area contributed by atoms with Gasteiger partial charge in [0.15, 0.2) is 0 Å². The summed E-state index contributed by atoms with van der Waals surface area (Å²) < 4.78 is 5.27. The summed E-state index contributed by atoms with van der Waals surface area (Å²) in [5.74, 6) is -0.193. The van der Waals surface area contributed by atoms with Crippen LogP contribution in [-0.4, -0.2) is 23.2 Å². The van der Waals surface area contributed by atoms with Crippen molar-refractivity contribution in [1.82, 2.24) is 4.98 Å². The number of aromatic nitrogens is 1. The van der Waals surface area contributed by atoms with Gasteiger partial charge in [0, 0.05) is 11.8 Å². The van der Waals surface area contributed by atoms with Crippen LogP contribution < -0.4 is 4.74 Å². The molecule has 1 heterocycles. The van der Waals surface area contributed by atoms with Gasteiger partial charge in [-0.15, -0.1) is 0 Å². The van der Waals surface area contributed by atoms with Crippen molar-refractivity contribution in [3.63, 3.8) is 0 Å². The average Bonchev–Trinajstić information content (AvgIpc) is 2.39. The highest BCUT2D eigenvalue weighted by Gasteiger charge is 2.12. The molecule has 0 aliphatic heterocycles. The fraction of sp³-hybridized carbons (Fsp3) is 0.143. The first kappa shape index (κ1) is 12.1. The lowest BCUT2D eigenvalue weighted by Crippen LogP contribution is -2.03. The largest absolute Gasteiger partial charge is 0.496 e. The lowest BCUT2D eigenvalue weighted by Gasteiger charge is -2.10. The van der Waals surface area contributed by atoms with Crippen LogP contribution in [0.2, 0.25) is 0 Å². The maximum Gasteiger partial charge on any atom is 0.307 e. The van der Waals surface area contributed by atoms with Crippen molar-refractivity contribution < 1.29 is 14.6 Å². The molecule has 0 aliphatic carbocycles. The Morgan fingerprint density at radius 3 is 2.78 bits per heavy atom. The lowest BCUT2D eigenvalue weighted by molar-refractivity contribution is -0.136. The number of carboxylic acid groups (broad SMARTS) is 1. The second-order valence-electron chi connectivity index (χ2n) is 3.78. The van der Waals surface area contributed by atoms with E-state index in [1.807, 2.05) is 24.3 Å². The average molecular weight is 243 g/mol. The molecule has 0 saturated carbocycles. The zero-order valence-corrected chi connectivity index (χ0v) is 9.96. The Morgan fingerprint density at radius 1 is 1.28 bits per heavy atom. The molecule has 18 heavy (non-hydrogen) atoms. The molecule has 2 rings (SSSR count). The lowest BCUT2D eigenvalue weighted by atomic mass is 10.0. The van der Waals surface area contributed by atoms with Crippen molar-refractivity contribution in [1.29, 1.82) is 0 Å². The minimum Gasteiger partial charge on any atom is -0.496 e. The minimum absolute atomic E-state index is 0.0543. The SMILES string of the molecule is COc1ccccc1-c1ncccc1CC(=O)O. The van der Waals surface area contributed by atoms with E-state index in [9.17, 15) is 4.79 Å². The highest BCUT2D eigenvalue weighted by atomic mass is 16.5. The van der Waals surface area contributed by atoms with Crippen molar-refractivity contribution in [2.24, 2.45) is 0 Å². The molecule has 0 atom stereocenters. The van der Waals surface area contributed by atoms with Crippen LogP contribution >= 0.6 is 0 Å². The number of pyridine rings is 1.